The molecule has 3 aromatic rings. The van der Waals surface area contributed by atoms with Crippen LogP contribution in [0.1, 0.15) is 32.8 Å². The third-order valence-electron chi connectivity index (χ3n) is 8.55. The van der Waals surface area contributed by atoms with E-state index in [9.17, 15) is 30.8 Å². The van der Waals surface area contributed by atoms with Crippen LogP contribution in [0.3, 0.4) is 0 Å². The van der Waals surface area contributed by atoms with Crippen LogP contribution in [0.5, 0.6) is 5.75 Å². The van der Waals surface area contributed by atoms with Crippen molar-refractivity contribution in [2.24, 2.45) is 0 Å². The van der Waals surface area contributed by atoms with Gasteiger partial charge in [-0.2, -0.15) is 17.5 Å². The molecule has 18 heteroatoms. The SMILES string of the molecule is COc1ccc(S(=O)(=O)N(C)COCC[Si](C)(C)C)cc1N(CC#Cc1cc2c(N[C@@H]3CCN(C)C[C@@H]3F)cccn2c1SC(F)(F)F)C(=O)OC(C)(C)C. The molecule has 1 fully saturated rings. The van der Waals surface area contributed by atoms with Gasteiger partial charge in [-0.3, -0.25) is 4.90 Å². The molecule has 2 aromatic heterocycles. The second-order valence-corrected chi connectivity index (χ2v) is 24.3. The summed E-state index contributed by atoms with van der Waals surface area (Å²) in [6.07, 6.45) is -0.101. The van der Waals surface area contributed by atoms with Crippen molar-refractivity contribution in [2.75, 3.05) is 64.4 Å². The van der Waals surface area contributed by atoms with Crippen LogP contribution in [0.25, 0.3) is 5.52 Å². The number of likely N-dealkylation sites (tertiary alicyclic amines) is 1. The molecule has 1 aromatic carbocycles. The van der Waals surface area contributed by atoms with E-state index in [0.717, 1.165) is 15.2 Å². The maximum atomic E-state index is 14.9. The van der Waals surface area contributed by atoms with E-state index < -0.39 is 54.1 Å². The molecule has 11 nitrogen and oxygen atoms in total. The molecule has 1 saturated heterocycles. The van der Waals surface area contributed by atoms with Gasteiger partial charge in [0, 0.05) is 52.8 Å². The second kappa shape index (κ2) is 17.8. The highest BCUT2D eigenvalue weighted by molar-refractivity contribution is 8.00. The number of carbonyl (C=O) groups excluding carboxylic acids is 1. The molecule has 0 bridgehead atoms. The highest BCUT2D eigenvalue weighted by atomic mass is 32.2. The lowest BCUT2D eigenvalue weighted by Crippen LogP contribution is -2.46. The number of pyridine rings is 1. The van der Waals surface area contributed by atoms with Gasteiger partial charge >= 0.3 is 11.6 Å². The fourth-order valence-electron chi connectivity index (χ4n) is 5.66. The van der Waals surface area contributed by atoms with E-state index in [1.165, 1.54) is 49.0 Å². The van der Waals surface area contributed by atoms with E-state index in [-0.39, 0.29) is 52.0 Å². The van der Waals surface area contributed by atoms with Gasteiger partial charge in [0.05, 0.1) is 47.0 Å². The van der Waals surface area contributed by atoms with Crippen LogP contribution in [0.4, 0.5) is 33.7 Å². The fraction of sp³-hybridized carbons (Fsp3) is 0.541. The molecule has 304 valence electrons. The first-order valence-corrected chi connectivity index (χ1v) is 23.7. The van der Waals surface area contributed by atoms with E-state index in [1.807, 2.05) is 11.9 Å². The van der Waals surface area contributed by atoms with Gasteiger partial charge in [0.1, 0.15) is 29.3 Å². The number of piperidine rings is 1. The van der Waals surface area contributed by atoms with Crippen molar-refractivity contribution in [1.29, 1.82) is 0 Å². The van der Waals surface area contributed by atoms with Crippen LogP contribution in [-0.2, 0) is 19.5 Å². The molecule has 4 rings (SSSR count). The summed E-state index contributed by atoms with van der Waals surface area (Å²) in [7, 11) is -0.963. The van der Waals surface area contributed by atoms with Gasteiger partial charge in [0.25, 0.3) is 0 Å². The summed E-state index contributed by atoms with van der Waals surface area (Å²) in [6.45, 7) is 12.2. The van der Waals surface area contributed by atoms with Crippen molar-refractivity contribution in [3.05, 3.63) is 48.2 Å². The number of ether oxygens (including phenoxy) is 3. The number of sulfonamides is 1. The quantitative estimate of drug-likeness (QED) is 0.0463. The average molecular weight is 830 g/mol. The van der Waals surface area contributed by atoms with Crippen LogP contribution >= 0.6 is 11.8 Å². The molecule has 0 saturated carbocycles. The van der Waals surface area contributed by atoms with E-state index in [1.54, 1.807) is 32.9 Å². The Balaban J connectivity index is 1.73. The van der Waals surface area contributed by atoms with Gasteiger partial charge in [0.15, 0.2) is 0 Å². The number of aromatic nitrogens is 1. The normalized spacial score (nSPS) is 17.2. The number of rotatable bonds is 13. The minimum atomic E-state index is -4.67. The number of halogens is 4. The number of benzene rings is 1. The van der Waals surface area contributed by atoms with Crippen molar-refractivity contribution >= 4 is 52.8 Å². The number of hydrogen-bond acceptors (Lipinski definition) is 9. The Labute approximate surface area is 326 Å². The molecule has 2 atom stereocenters. The molecule has 0 unspecified atom stereocenters. The van der Waals surface area contributed by atoms with E-state index in [0.29, 0.717) is 30.8 Å². The summed E-state index contributed by atoms with van der Waals surface area (Å²) in [5.74, 6) is 5.73. The first kappa shape index (κ1) is 44.2. The second-order valence-electron chi connectivity index (χ2n) is 15.6. The third kappa shape index (κ3) is 12.3. The van der Waals surface area contributed by atoms with Crippen molar-refractivity contribution in [3.63, 3.8) is 0 Å². The average Bonchev–Trinajstić information content (AvgIpc) is 3.40. The molecule has 1 amide bonds. The molecule has 1 aliphatic rings. The summed E-state index contributed by atoms with van der Waals surface area (Å²) in [4.78, 5) is 16.5. The summed E-state index contributed by atoms with van der Waals surface area (Å²) in [6, 6.07) is 9.04. The molecule has 0 radical (unpaired) electrons. The Hall–Kier alpha value is -3.47. The smallest absolute Gasteiger partial charge is 0.447 e. The van der Waals surface area contributed by atoms with Gasteiger partial charge in [0.2, 0.25) is 10.0 Å². The monoisotopic (exact) mass is 829 g/mol. The van der Waals surface area contributed by atoms with Crippen LogP contribution in [-0.4, -0.2) is 114 Å². The lowest BCUT2D eigenvalue weighted by atomic mass is 10.0. The maximum absolute atomic E-state index is 14.9. The van der Waals surface area contributed by atoms with Gasteiger partial charge < -0.3 is 28.8 Å². The third-order valence-corrected chi connectivity index (χ3v) is 12.9. The van der Waals surface area contributed by atoms with Crippen LogP contribution in [0.2, 0.25) is 25.7 Å². The number of carbonyl (C=O) groups is 1. The Morgan fingerprint density at radius 1 is 1.15 bits per heavy atom. The topological polar surface area (TPSA) is 105 Å². The predicted octanol–water partition coefficient (Wildman–Crippen LogP) is 7.74. The molecule has 3 heterocycles. The molecule has 1 N–H and O–H groups in total. The summed E-state index contributed by atoms with van der Waals surface area (Å²) in [5.41, 5.74) is -4.81. The first-order valence-electron chi connectivity index (χ1n) is 17.7. The number of fused-ring (bicyclic) bond motifs is 1. The zero-order chi connectivity index (χ0) is 40.9. The Morgan fingerprint density at radius 3 is 2.47 bits per heavy atom. The maximum Gasteiger partial charge on any atom is 0.447 e. The molecule has 0 spiro atoms. The number of nitrogens with one attached hydrogen (secondary N) is 1. The van der Waals surface area contributed by atoms with Crippen LogP contribution < -0.4 is 15.0 Å². The number of amides is 1. The zero-order valence-electron chi connectivity index (χ0n) is 32.7. The van der Waals surface area contributed by atoms with E-state index in [2.05, 4.69) is 36.8 Å². The van der Waals surface area contributed by atoms with Crippen LogP contribution in [0, 0.1) is 11.8 Å². The van der Waals surface area contributed by atoms with Gasteiger partial charge in [-0.25, -0.2) is 17.6 Å². The number of thioether (sulfide) groups is 1. The molecule has 55 heavy (non-hydrogen) atoms. The number of nitrogens with zero attached hydrogens (tertiary/aromatic N) is 4. The van der Waals surface area contributed by atoms with Crippen molar-refractivity contribution in [2.45, 2.75) is 86.1 Å². The summed E-state index contributed by atoms with van der Waals surface area (Å²) < 4.78 is 103. The van der Waals surface area contributed by atoms with E-state index in [4.69, 9.17) is 14.2 Å². The van der Waals surface area contributed by atoms with Crippen LogP contribution in [0.15, 0.2) is 52.5 Å². The zero-order valence-corrected chi connectivity index (χ0v) is 35.3. The number of hydrogen-bond donors (Lipinski definition) is 1. The predicted molar refractivity (Wildman–Crippen MR) is 211 cm³/mol. The van der Waals surface area contributed by atoms with Crippen molar-refractivity contribution in [1.82, 2.24) is 13.6 Å². The fourth-order valence-corrected chi connectivity index (χ4v) is 8.19. The lowest BCUT2D eigenvalue weighted by Gasteiger charge is -2.33. The minimum absolute atomic E-state index is 0.0116. The largest absolute Gasteiger partial charge is 0.495 e. The van der Waals surface area contributed by atoms with Crippen molar-refractivity contribution < 1.29 is 45.0 Å². The van der Waals surface area contributed by atoms with E-state index >= 15 is 0 Å². The Bertz CT molecular complexity index is 1990. The highest BCUT2D eigenvalue weighted by Crippen LogP contribution is 2.41. The Morgan fingerprint density at radius 2 is 1.85 bits per heavy atom. The standard InChI is InChI=1S/C37H51F4N5O6S2Si/c1-36(2,3)52-35(47)46(32-23-27(14-15-33(32)50-6)54(48,49)44(5)25-51-20-21-55(7,8)9)18-10-12-26-22-31-30(42-29-16-19-43(4)24-28(29)38)13-11-17-45(31)34(26)53-37(39,40)41/h11,13-15,17,22-23,28-29,42H,16,18-21,24-25H2,1-9H3/t28-,29+/m0/s1. The Kier molecular flexibility index (Phi) is 14.3. The molecule has 1 aliphatic heterocycles. The van der Waals surface area contributed by atoms with Crippen molar-refractivity contribution in [3.8, 4) is 17.6 Å². The minimum Gasteiger partial charge on any atom is -0.495 e. The molecule has 0 aliphatic carbocycles. The molecular formula is C37H51F4N5O6S2Si. The highest BCUT2D eigenvalue weighted by Gasteiger charge is 2.34. The number of anilines is 2. The first-order chi connectivity index (χ1) is 25.5. The number of alkyl halides is 4. The summed E-state index contributed by atoms with van der Waals surface area (Å²) in [5, 5.41) is 2.97. The summed E-state index contributed by atoms with van der Waals surface area (Å²) >= 11 is -0.343. The van der Waals surface area contributed by atoms with Gasteiger partial charge in [-0.05, 0) is 76.7 Å². The lowest BCUT2D eigenvalue weighted by molar-refractivity contribution is -0.0330. The molecular weight excluding hydrogens is 779 g/mol. The van der Waals surface area contributed by atoms with Gasteiger partial charge in [-0.15, -0.1) is 0 Å². The van der Waals surface area contributed by atoms with Gasteiger partial charge in [-0.1, -0.05) is 31.5 Å². The number of methoxy groups -OCH3 is 1.